The molecule has 1 aromatic rings. The molecule has 0 aliphatic heterocycles. The van der Waals surface area contributed by atoms with E-state index >= 15 is 0 Å². The zero-order valence-electron chi connectivity index (χ0n) is 10.1. The molecule has 4 heteroatoms. The SMILES string of the molecule is CCOC(=O)C1c2cc(F)ccc2CCC1C#N. The fraction of sp³-hybridized carbons (Fsp3) is 0.429. The number of rotatable bonds is 2. The number of halogens is 1. The third-order valence-corrected chi connectivity index (χ3v) is 3.28. The van der Waals surface area contributed by atoms with Gasteiger partial charge in [-0.05, 0) is 43.0 Å². The Hall–Kier alpha value is -1.89. The van der Waals surface area contributed by atoms with Gasteiger partial charge in [0.15, 0.2) is 0 Å². The Bertz CT molecular complexity index is 507. The second-order valence-electron chi connectivity index (χ2n) is 4.35. The minimum Gasteiger partial charge on any atom is -0.465 e. The number of hydrogen-bond donors (Lipinski definition) is 0. The van der Waals surface area contributed by atoms with Crippen molar-refractivity contribution in [3.8, 4) is 6.07 Å². The first-order valence-electron chi connectivity index (χ1n) is 6.02. The van der Waals surface area contributed by atoms with Crippen LogP contribution in [0.25, 0.3) is 0 Å². The van der Waals surface area contributed by atoms with Gasteiger partial charge in [0.1, 0.15) is 5.82 Å². The molecule has 3 nitrogen and oxygen atoms in total. The number of aryl methyl sites for hydroxylation is 1. The molecule has 94 valence electrons. The van der Waals surface area contributed by atoms with Gasteiger partial charge in [-0.3, -0.25) is 4.79 Å². The largest absolute Gasteiger partial charge is 0.465 e. The molecule has 0 saturated carbocycles. The Morgan fingerprint density at radius 2 is 2.39 bits per heavy atom. The van der Waals surface area contributed by atoms with Crippen molar-refractivity contribution in [2.45, 2.75) is 25.7 Å². The van der Waals surface area contributed by atoms with Gasteiger partial charge in [-0.1, -0.05) is 6.07 Å². The highest BCUT2D eigenvalue weighted by molar-refractivity contribution is 5.80. The summed E-state index contributed by atoms with van der Waals surface area (Å²) in [5, 5.41) is 9.12. The molecular formula is C14H14FNO2. The Labute approximate surface area is 105 Å². The second kappa shape index (κ2) is 5.18. The van der Waals surface area contributed by atoms with Crippen LogP contribution in [0.3, 0.4) is 0 Å². The molecular weight excluding hydrogens is 233 g/mol. The molecule has 2 rings (SSSR count). The van der Waals surface area contributed by atoms with Crippen molar-refractivity contribution in [1.29, 1.82) is 5.26 Å². The van der Waals surface area contributed by atoms with Crippen molar-refractivity contribution in [2.75, 3.05) is 6.61 Å². The quantitative estimate of drug-likeness (QED) is 0.755. The molecule has 2 atom stereocenters. The van der Waals surface area contributed by atoms with Gasteiger partial charge in [-0.25, -0.2) is 4.39 Å². The summed E-state index contributed by atoms with van der Waals surface area (Å²) in [7, 11) is 0. The normalized spacial score (nSPS) is 21.8. The van der Waals surface area contributed by atoms with Crippen molar-refractivity contribution < 1.29 is 13.9 Å². The molecule has 0 amide bonds. The van der Waals surface area contributed by atoms with Crippen LogP contribution in [0.15, 0.2) is 18.2 Å². The van der Waals surface area contributed by atoms with E-state index in [0.717, 1.165) is 5.56 Å². The maximum absolute atomic E-state index is 13.3. The van der Waals surface area contributed by atoms with E-state index in [4.69, 9.17) is 10.00 Å². The maximum Gasteiger partial charge on any atom is 0.314 e. The molecule has 1 aliphatic rings. The van der Waals surface area contributed by atoms with Crippen LogP contribution in [0.2, 0.25) is 0 Å². The fourth-order valence-electron chi connectivity index (χ4n) is 2.44. The first-order valence-corrected chi connectivity index (χ1v) is 6.02. The predicted octanol–water partition coefficient (Wildman–Crippen LogP) is 2.56. The van der Waals surface area contributed by atoms with Crippen molar-refractivity contribution in [1.82, 2.24) is 0 Å². The highest BCUT2D eigenvalue weighted by Crippen LogP contribution is 2.37. The van der Waals surface area contributed by atoms with E-state index in [1.807, 2.05) is 0 Å². The number of benzene rings is 1. The van der Waals surface area contributed by atoms with Gasteiger partial charge in [0.25, 0.3) is 0 Å². The van der Waals surface area contributed by atoms with Gasteiger partial charge in [0.2, 0.25) is 0 Å². The number of esters is 1. The number of hydrogen-bond acceptors (Lipinski definition) is 3. The number of carbonyl (C=O) groups excluding carboxylic acids is 1. The van der Waals surface area contributed by atoms with Crippen LogP contribution in [-0.4, -0.2) is 12.6 Å². The van der Waals surface area contributed by atoms with Crippen molar-refractivity contribution in [2.24, 2.45) is 5.92 Å². The summed E-state index contributed by atoms with van der Waals surface area (Å²) >= 11 is 0. The van der Waals surface area contributed by atoms with Gasteiger partial charge in [-0.2, -0.15) is 5.26 Å². The van der Waals surface area contributed by atoms with E-state index < -0.39 is 17.8 Å². The van der Waals surface area contributed by atoms with Gasteiger partial charge < -0.3 is 4.74 Å². The summed E-state index contributed by atoms with van der Waals surface area (Å²) in [6, 6.07) is 6.55. The Balaban J connectivity index is 2.43. The summed E-state index contributed by atoms with van der Waals surface area (Å²) < 4.78 is 18.3. The highest BCUT2D eigenvalue weighted by Gasteiger charge is 2.36. The molecule has 0 aromatic heterocycles. The number of nitrogens with zero attached hydrogens (tertiary/aromatic N) is 1. The average Bonchev–Trinajstić information content (AvgIpc) is 2.37. The molecule has 18 heavy (non-hydrogen) atoms. The lowest BCUT2D eigenvalue weighted by molar-refractivity contribution is -0.146. The lowest BCUT2D eigenvalue weighted by Crippen LogP contribution is -2.28. The van der Waals surface area contributed by atoms with E-state index in [1.165, 1.54) is 12.1 Å². The zero-order valence-corrected chi connectivity index (χ0v) is 10.1. The van der Waals surface area contributed by atoms with Crippen LogP contribution in [0.4, 0.5) is 4.39 Å². The van der Waals surface area contributed by atoms with Gasteiger partial charge >= 0.3 is 5.97 Å². The molecule has 0 N–H and O–H groups in total. The lowest BCUT2D eigenvalue weighted by Gasteiger charge is -2.27. The Kier molecular flexibility index (Phi) is 3.61. The van der Waals surface area contributed by atoms with Crippen molar-refractivity contribution in [3.05, 3.63) is 35.1 Å². The van der Waals surface area contributed by atoms with Gasteiger partial charge in [0, 0.05) is 0 Å². The lowest BCUT2D eigenvalue weighted by atomic mass is 9.75. The molecule has 2 unspecified atom stereocenters. The van der Waals surface area contributed by atoms with Crippen LogP contribution in [-0.2, 0) is 16.0 Å². The topological polar surface area (TPSA) is 50.1 Å². The molecule has 0 heterocycles. The Morgan fingerprint density at radius 3 is 3.06 bits per heavy atom. The highest BCUT2D eigenvalue weighted by atomic mass is 19.1. The van der Waals surface area contributed by atoms with E-state index in [2.05, 4.69) is 6.07 Å². The molecule has 0 radical (unpaired) electrons. The summed E-state index contributed by atoms with van der Waals surface area (Å²) in [5.74, 6) is -1.91. The maximum atomic E-state index is 13.3. The van der Waals surface area contributed by atoms with E-state index in [-0.39, 0.29) is 12.4 Å². The van der Waals surface area contributed by atoms with Crippen LogP contribution in [0.1, 0.15) is 30.4 Å². The van der Waals surface area contributed by atoms with Crippen molar-refractivity contribution in [3.63, 3.8) is 0 Å². The van der Waals surface area contributed by atoms with Crippen LogP contribution in [0.5, 0.6) is 0 Å². The number of fused-ring (bicyclic) bond motifs is 1. The molecule has 1 aliphatic carbocycles. The summed E-state index contributed by atoms with van der Waals surface area (Å²) in [4.78, 5) is 11.9. The molecule has 0 fully saturated rings. The summed E-state index contributed by atoms with van der Waals surface area (Å²) in [6.07, 6.45) is 1.31. The predicted molar refractivity (Wildman–Crippen MR) is 63.2 cm³/mol. The number of nitriles is 1. The van der Waals surface area contributed by atoms with Crippen LogP contribution in [0, 0.1) is 23.1 Å². The molecule has 0 saturated heterocycles. The van der Waals surface area contributed by atoms with Crippen molar-refractivity contribution >= 4 is 5.97 Å². The van der Waals surface area contributed by atoms with E-state index in [1.54, 1.807) is 13.0 Å². The van der Waals surface area contributed by atoms with Crippen LogP contribution >= 0.6 is 0 Å². The monoisotopic (exact) mass is 247 g/mol. The first-order chi connectivity index (χ1) is 8.67. The molecule has 0 spiro atoms. The second-order valence-corrected chi connectivity index (χ2v) is 4.35. The standard InChI is InChI=1S/C14H14FNO2/c1-2-18-14(17)13-10(8-16)4-3-9-5-6-11(15)7-12(9)13/h5-7,10,13H,2-4H2,1H3. The van der Waals surface area contributed by atoms with Crippen LogP contribution < -0.4 is 0 Å². The third kappa shape index (κ3) is 2.21. The minimum absolute atomic E-state index is 0.262. The van der Waals surface area contributed by atoms with E-state index in [9.17, 15) is 9.18 Å². The smallest absolute Gasteiger partial charge is 0.314 e. The summed E-state index contributed by atoms with van der Waals surface area (Å²) in [6.45, 7) is 1.98. The van der Waals surface area contributed by atoms with Gasteiger partial charge in [-0.15, -0.1) is 0 Å². The Morgan fingerprint density at radius 1 is 1.61 bits per heavy atom. The van der Waals surface area contributed by atoms with E-state index in [0.29, 0.717) is 18.4 Å². The number of ether oxygens (including phenoxy) is 1. The summed E-state index contributed by atoms with van der Waals surface area (Å²) in [5.41, 5.74) is 1.53. The average molecular weight is 247 g/mol. The molecule has 0 bridgehead atoms. The van der Waals surface area contributed by atoms with Gasteiger partial charge in [0.05, 0.1) is 24.5 Å². The third-order valence-electron chi connectivity index (χ3n) is 3.28. The number of carbonyl (C=O) groups is 1. The zero-order chi connectivity index (χ0) is 13.1. The molecule has 1 aromatic carbocycles. The fourth-order valence-corrected chi connectivity index (χ4v) is 2.44. The first kappa shape index (κ1) is 12.6. The minimum atomic E-state index is -0.658.